The Bertz CT molecular complexity index is 856. The van der Waals surface area contributed by atoms with E-state index in [-0.39, 0.29) is 0 Å². The number of aryl methyl sites for hydroxylation is 2. The molecule has 0 radical (unpaired) electrons. The molecule has 98 valence electrons. The van der Waals surface area contributed by atoms with Gasteiger partial charge >= 0.3 is 0 Å². The highest BCUT2D eigenvalue weighted by molar-refractivity contribution is 9.10. The summed E-state index contributed by atoms with van der Waals surface area (Å²) < 4.78 is 3.12. The van der Waals surface area contributed by atoms with E-state index in [1.54, 1.807) is 0 Å². The van der Waals surface area contributed by atoms with Crippen molar-refractivity contribution in [3.63, 3.8) is 0 Å². The lowest BCUT2D eigenvalue weighted by atomic mass is 10.1. The average Bonchev–Trinajstić information content (AvgIpc) is 2.75. The van der Waals surface area contributed by atoms with Crippen LogP contribution in [-0.2, 0) is 7.05 Å². The highest BCUT2D eigenvalue weighted by atomic mass is 79.9. The molecule has 0 unspecified atom stereocenters. The Hall–Kier alpha value is -2.12. The van der Waals surface area contributed by atoms with Crippen molar-refractivity contribution in [2.24, 2.45) is 7.05 Å². The smallest absolute Gasteiger partial charge is 0.141 e. The van der Waals surface area contributed by atoms with Crippen LogP contribution in [0.1, 0.15) is 11.1 Å². The van der Waals surface area contributed by atoms with E-state index in [4.69, 9.17) is 5.26 Å². The molecule has 1 heterocycles. The molecule has 0 atom stereocenters. The number of aromatic nitrogens is 2. The second-order valence-electron chi connectivity index (χ2n) is 4.77. The lowest BCUT2D eigenvalue weighted by molar-refractivity contribution is 0.957. The molecule has 0 aliphatic rings. The molecule has 0 aliphatic heterocycles. The predicted molar refractivity (Wildman–Crippen MR) is 83.3 cm³/mol. The van der Waals surface area contributed by atoms with E-state index in [1.807, 2.05) is 31.3 Å². The molecule has 3 aromatic rings. The molecule has 0 fully saturated rings. The van der Waals surface area contributed by atoms with Gasteiger partial charge in [-0.15, -0.1) is 0 Å². The molecule has 4 heteroatoms. The minimum absolute atomic E-state index is 0.634. The number of fused-ring (bicyclic) bond motifs is 1. The summed E-state index contributed by atoms with van der Waals surface area (Å²) in [5.74, 6) is 0.917. The summed E-state index contributed by atoms with van der Waals surface area (Å²) in [4.78, 5) is 4.68. The van der Waals surface area contributed by atoms with Crippen molar-refractivity contribution in [1.29, 1.82) is 5.26 Å². The third-order valence-corrected chi connectivity index (χ3v) is 3.93. The van der Waals surface area contributed by atoms with Crippen LogP contribution in [0.25, 0.3) is 22.4 Å². The SMILES string of the molecule is Cc1cc(Br)ccc1-c1nc2cc(C#N)ccc2n1C. The first-order chi connectivity index (χ1) is 9.60. The molecular formula is C16H12BrN3. The number of imidazole rings is 1. The first-order valence-electron chi connectivity index (χ1n) is 6.23. The molecule has 0 spiro atoms. The lowest BCUT2D eigenvalue weighted by Crippen LogP contribution is -1.94. The highest BCUT2D eigenvalue weighted by Crippen LogP contribution is 2.28. The topological polar surface area (TPSA) is 41.6 Å². The number of hydrogen-bond acceptors (Lipinski definition) is 2. The van der Waals surface area contributed by atoms with Gasteiger partial charge in [-0.25, -0.2) is 4.98 Å². The first kappa shape index (κ1) is 12.9. The summed E-state index contributed by atoms with van der Waals surface area (Å²) >= 11 is 3.48. The molecule has 1 aromatic heterocycles. The van der Waals surface area contributed by atoms with Gasteiger partial charge in [-0.1, -0.05) is 15.9 Å². The first-order valence-corrected chi connectivity index (χ1v) is 7.02. The number of hydrogen-bond donors (Lipinski definition) is 0. The molecule has 0 amide bonds. The third-order valence-electron chi connectivity index (χ3n) is 3.44. The Labute approximate surface area is 125 Å². The van der Waals surface area contributed by atoms with Gasteiger partial charge in [0.15, 0.2) is 0 Å². The highest BCUT2D eigenvalue weighted by Gasteiger charge is 2.12. The maximum absolute atomic E-state index is 8.98. The van der Waals surface area contributed by atoms with Gasteiger partial charge in [-0.3, -0.25) is 0 Å². The van der Waals surface area contributed by atoms with E-state index in [0.29, 0.717) is 5.56 Å². The average molecular weight is 326 g/mol. The Morgan fingerprint density at radius 3 is 2.70 bits per heavy atom. The van der Waals surface area contributed by atoms with Gasteiger partial charge in [0.1, 0.15) is 5.82 Å². The van der Waals surface area contributed by atoms with Crippen LogP contribution in [0.15, 0.2) is 40.9 Å². The van der Waals surface area contributed by atoms with Gasteiger partial charge in [0.05, 0.1) is 22.7 Å². The summed E-state index contributed by atoms with van der Waals surface area (Å²) in [5.41, 5.74) is 4.78. The van der Waals surface area contributed by atoms with Crippen LogP contribution >= 0.6 is 15.9 Å². The van der Waals surface area contributed by atoms with Crippen molar-refractivity contribution in [2.75, 3.05) is 0 Å². The van der Waals surface area contributed by atoms with Crippen molar-refractivity contribution < 1.29 is 0 Å². The molecule has 0 bridgehead atoms. The van der Waals surface area contributed by atoms with Gasteiger partial charge in [-0.05, 0) is 48.9 Å². The summed E-state index contributed by atoms with van der Waals surface area (Å²) in [6, 6.07) is 13.9. The quantitative estimate of drug-likeness (QED) is 0.673. The molecule has 20 heavy (non-hydrogen) atoms. The Kier molecular flexibility index (Phi) is 3.07. The number of halogens is 1. The molecule has 0 N–H and O–H groups in total. The van der Waals surface area contributed by atoms with E-state index in [9.17, 15) is 0 Å². The van der Waals surface area contributed by atoms with Crippen molar-refractivity contribution in [1.82, 2.24) is 9.55 Å². The Balaban J connectivity index is 2.26. The van der Waals surface area contributed by atoms with Crippen molar-refractivity contribution in [3.8, 4) is 17.5 Å². The van der Waals surface area contributed by atoms with Gasteiger partial charge in [0, 0.05) is 17.1 Å². The zero-order chi connectivity index (χ0) is 14.3. The normalized spacial score (nSPS) is 10.7. The van der Waals surface area contributed by atoms with E-state index < -0.39 is 0 Å². The largest absolute Gasteiger partial charge is 0.327 e. The summed E-state index contributed by atoms with van der Waals surface area (Å²) in [6.45, 7) is 2.07. The second kappa shape index (κ2) is 4.77. The van der Waals surface area contributed by atoms with Crippen LogP contribution in [0.4, 0.5) is 0 Å². The number of nitriles is 1. The van der Waals surface area contributed by atoms with Crippen LogP contribution in [0.5, 0.6) is 0 Å². The standard InChI is InChI=1S/C16H12BrN3/c1-10-7-12(17)4-5-13(10)16-19-14-8-11(9-18)3-6-15(14)20(16)2/h3-8H,1-2H3. The lowest BCUT2D eigenvalue weighted by Gasteiger charge is -2.06. The van der Waals surface area contributed by atoms with Gasteiger partial charge in [0.25, 0.3) is 0 Å². The Morgan fingerprint density at radius 1 is 1.20 bits per heavy atom. The molecule has 0 saturated heterocycles. The van der Waals surface area contributed by atoms with E-state index in [1.165, 1.54) is 5.56 Å². The Morgan fingerprint density at radius 2 is 2.00 bits per heavy atom. The second-order valence-corrected chi connectivity index (χ2v) is 5.68. The van der Waals surface area contributed by atoms with Crippen LogP contribution in [0.3, 0.4) is 0 Å². The zero-order valence-electron chi connectivity index (χ0n) is 11.2. The van der Waals surface area contributed by atoms with E-state index in [0.717, 1.165) is 26.9 Å². The predicted octanol–water partition coefficient (Wildman–Crippen LogP) is 4.18. The van der Waals surface area contributed by atoms with Gasteiger partial charge < -0.3 is 4.57 Å². The van der Waals surface area contributed by atoms with Crippen LogP contribution in [-0.4, -0.2) is 9.55 Å². The summed E-state index contributed by atoms with van der Waals surface area (Å²) in [7, 11) is 2.00. The molecule has 2 aromatic carbocycles. The maximum Gasteiger partial charge on any atom is 0.141 e. The van der Waals surface area contributed by atoms with Crippen LogP contribution in [0, 0.1) is 18.3 Å². The molecule has 3 rings (SSSR count). The monoisotopic (exact) mass is 325 g/mol. The van der Waals surface area contributed by atoms with Crippen molar-refractivity contribution in [3.05, 3.63) is 52.0 Å². The third kappa shape index (κ3) is 2.00. The number of nitrogens with zero attached hydrogens (tertiary/aromatic N) is 3. The minimum atomic E-state index is 0.634. The zero-order valence-corrected chi connectivity index (χ0v) is 12.8. The van der Waals surface area contributed by atoms with Crippen molar-refractivity contribution in [2.45, 2.75) is 6.92 Å². The summed E-state index contributed by atoms with van der Waals surface area (Å²) in [5, 5.41) is 8.98. The fourth-order valence-corrected chi connectivity index (χ4v) is 2.86. The molecule has 0 saturated carbocycles. The van der Waals surface area contributed by atoms with Crippen molar-refractivity contribution >= 4 is 27.0 Å². The van der Waals surface area contributed by atoms with Crippen LogP contribution < -0.4 is 0 Å². The van der Waals surface area contributed by atoms with Gasteiger partial charge in [0.2, 0.25) is 0 Å². The van der Waals surface area contributed by atoms with Gasteiger partial charge in [-0.2, -0.15) is 5.26 Å². The maximum atomic E-state index is 8.98. The molecular weight excluding hydrogens is 314 g/mol. The fourth-order valence-electron chi connectivity index (χ4n) is 2.39. The van der Waals surface area contributed by atoms with Crippen LogP contribution in [0.2, 0.25) is 0 Å². The fraction of sp³-hybridized carbons (Fsp3) is 0.125. The number of benzene rings is 2. The van der Waals surface area contributed by atoms with E-state index in [2.05, 4.69) is 50.6 Å². The summed E-state index contributed by atoms with van der Waals surface area (Å²) in [6.07, 6.45) is 0. The van der Waals surface area contributed by atoms with E-state index >= 15 is 0 Å². The minimum Gasteiger partial charge on any atom is -0.327 e. The number of rotatable bonds is 1. The molecule has 3 nitrogen and oxygen atoms in total. The molecule has 0 aliphatic carbocycles.